The van der Waals surface area contributed by atoms with Crippen molar-refractivity contribution in [1.82, 2.24) is 24.6 Å². The fourth-order valence-corrected chi connectivity index (χ4v) is 3.31. The molecule has 3 aromatic heterocycles. The molecule has 3 N–H and O–H groups in total. The summed E-state index contributed by atoms with van der Waals surface area (Å²) in [6, 6.07) is 10.1. The summed E-state index contributed by atoms with van der Waals surface area (Å²) < 4.78 is 1.68. The van der Waals surface area contributed by atoms with Gasteiger partial charge in [0.25, 0.3) is 0 Å². The van der Waals surface area contributed by atoms with Crippen molar-refractivity contribution in [1.29, 1.82) is 0 Å². The molecule has 0 spiro atoms. The third-order valence-electron chi connectivity index (χ3n) is 5.16. The summed E-state index contributed by atoms with van der Waals surface area (Å²) >= 11 is 0. The van der Waals surface area contributed by atoms with E-state index < -0.39 is 5.69 Å². The molecule has 10 heteroatoms. The molecule has 1 fully saturated rings. The van der Waals surface area contributed by atoms with Gasteiger partial charge in [-0.15, -0.1) is 0 Å². The van der Waals surface area contributed by atoms with E-state index in [1.54, 1.807) is 29.0 Å². The van der Waals surface area contributed by atoms with Gasteiger partial charge in [0.15, 0.2) is 11.1 Å². The Bertz CT molecular complexity index is 1450. The first kappa shape index (κ1) is 19.1. The standard InChI is InChI=1S/C21H21N7O3/c1-27(31-2)15-5-3-4-12(8-15)16-10-18(23-14-6-7-14)28-19(24-16)13(11-22-28)9-17-20(29)26-21(30)25-17/h3-5,8-11,14,29H,6-7H2,1-2H3,(H2,25,26,30). The Morgan fingerprint density at radius 3 is 2.87 bits per heavy atom. The Morgan fingerprint density at radius 2 is 2.16 bits per heavy atom. The first-order valence-electron chi connectivity index (χ1n) is 9.86. The van der Waals surface area contributed by atoms with Gasteiger partial charge in [-0.25, -0.2) is 9.78 Å². The number of nitrogens with zero attached hydrogens (tertiary/aromatic N) is 5. The Balaban J connectivity index is 1.73. The molecule has 0 atom stereocenters. The van der Waals surface area contributed by atoms with Crippen LogP contribution in [0.25, 0.3) is 23.0 Å². The van der Waals surface area contributed by atoms with Crippen molar-refractivity contribution in [3.8, 4) is 17.1 Å². The lowest BCUT2D eigenvalue weighted by Crippen LogP contribution is -2.19. The smallest absolute Gasteiger partial charge is 0.326 e. The minimum absolute atomic E-state index is 0.237. The molecule has 31 heavy (non-hydrogen) atoms. The lowest BCUT2D eigenvalue weighted by atomic mass is 10.1. The van der Waals surface area contributed by atoms with E-state index in [2.05, 4.69) is 15.1 Å². The zero-order valence-electron chi connectivity index (χ0n) is 17.0. The number of fused-ring (bicyclic) bond motifs is 1. The van der Waals surface area contributed by atoms with Crippen LogP contribution in [0.3, 0.4) is 0 Å². The number of imidazole rings is 1. The molecule has 5 rings (SSSR count). The summed E-state index contributed by atoms with van der Waals surface area (Å²) in [5, 5.41) is 16.7. The average Bonchev–Trinajstić information content (AvgIpc) is 3.41. The second kappa shape index (κ2) is 7.40. The summed E-state index contributed by atoms with van der Waals surface area (Å²) in [6.07, 6.45) is 5.39. The minimum atomic E-state index is -0.489. The van der Waals surface area contributed by atoms with Crippen LogP contribution < -0.4 is 21.5 Å². The second-order valence-corrected chi connectivity index (χ2v) is 7.41. The van der Waals surface area contributed by atoms with Crippen molar-refractivity contribution in [2.45, 2.75) is 18.9 Å². The van der Waals surface area contributed by atoms with Crippen LogP contribution in [0.5, 0.6) is 5.88 Å². The number of hydrogen-bond acceptors (Lipinski definition) is 7. The van der Waals surface area contributed by atoms with Crippen molar-refractivity contribution in [2.24, 2.45) is 4.99 Å². The first-order chi connectivity index (χ1) is 15.0. The van der Waals surface area contributed by atoms with E-state index in [1.165, 1.54) is 0 Å². The molecule has 10 nitrogen and oxygen atoms in total. The molecule has 0 bridgehead atoms. The Hall–Kier alpha value is -3.92. The maximum absolute atomic E-state index is 11.5. The normalized spacial score (nSPS) is 15.2. The topological polar surface area (TPSA) is 124 Å². The second-order valence-electron chi connectivity index (χ2n) is 7.41. The number of aromatic hydroxyl groups is 1. The molecule has 1 aliphatic rings. The van der Waals surface area contributed by atoms with Gasteiger partial charge in [-0.1, -0.05) is 12.1 Å². The molecule has 4 aromatic rings. The summed E-state index contributed by atoms with van der Waals surface area (Å²) in [6.45, 7) is 0. The Labute approximate surface area is 176 Å². The number of benzene rings is 1. The van der Waals surface area contributed by atoms with Crippen LogP contribution in [0, 0.1) is 0 Å². The van der Waals surface area contributed by atoms with E-state index in [9.17, 15) is 9.90 Å². The SMILES string of the molecule is CON(C)c1cccc(-c2cc(=NC3CC3)n3ncc(=Cc4[nH]c(=O)[nH]c4O)c3n2)c1. The molecule has 0 aliphatic heterocycles. The Morgan fingerprint density at radius 1 is 1.32 bits per heavy atom. The van der Waals surface area contributed by atoms with Gasteiger partial charge in [0.05, 0.1) is 30.7 Å². The van der Waals surface area contributed by atoms with Crippen LogP contribution in [-0.4, -0.2) is 49.9 Å². The monoisotopic (exact) mass is 419 g/mol. The number of aromatic amines is 2. The fraction of sp³-hybridized carbons (Fsp3) is 0.238. The highest BCUT2D eigenvalue weighted by Crippen LogP contribution is 2.24. The van der Waals surface area contributed by atoms with Gasteiger partial charge in [0, 0.05) is 23.9 Å². The van der Waals surface area contributed by atoms with E-state index in [0.29, 0.717) is 22.4 Å². The highest BCUT2D eigenvalue weighted by Gasteiger charge is 2.20. The highest BCUT2D eigenvalue weighted by molar-refractivity contribution is 5.67. The van der Waals surface area contributed by atoms with Crippen molar-refractivity contribution in [3.63, 3.8) is 0 Å². The summed E-state index contributed by atoms with van der Waals surface area (Å²) in [5.74, 6) is -0.237. The summed E-state index contributed by atoms with van der Waals surface area (Å²) in [4.78, 5) is 31.2. The molecule has 0 radical (unpaired) electrons. The van der Waals surface area contributed by atoms with Gasteiger partial charge < -0.3 is 10.1 Å². The van der Waals surface area contributed by atoms with Gasteiger partial charge in [0.1, 0.15) is 5.69 Å². The first-order valence-corrected chi connectivity index (χ1v) is 9.86. The highest BCUT2D eigenvalue weighted by atomic mass is 16.7. The molecule has 1 aromatic carbocycles. The molecule has 1 aliphatic carbocycles. The predicted molar refractivity (Wildman–Crippen MR) is 114 cm³/mol. The maximum atomic E-state index is 11.5. The number of rotatable bonds is 5. The largest absolute Gasteiger partial charge is 0.493 e. The average molecular weight is 419 g/mol. The van der Waals surface area contributed by atoms with Gasteiger partial charge in [-0.05, 0) is 31.1 Å². The predicted octanol–water partition coefficient (Wildman–Crippen LogP) is 0.727. The van der Waals surface area contributed by atoms with Crippen LogP contribution in [0.4, 0.5) is 5.69 Å². The molecular formula is C21H21N7O3. The van der Waals surface area contributed by atoms with Crippen LogP contribution in [-0.2, 0) is 4.84 Å². The number of nitrogens with one attached hydrogen (secondary N) is 2. The maximum Gasteiger partial charge on any atom is 0.326 e. The van der Waals surface area contributed by atoms with Crippen LogP contribution in [0.15, 0.2) is 46.3 Å². The minimum Gasteiger partial charge on any atom is -0.493 e. The van der Waals surface area contributed by atoms with Gasteiger partial charge in [0.2, 0.25) is 5.88 Å². The van der Waals surface area contributed by atoms with Gasteiger partial charge >= 0.3 is 5.69 Å². The third-order valence-corrected chi connectivity index (χ3v) is 5.16. The van der Waals surface area contributed by atoms with Crippen LogP contribution in [0.1, 0.15) is 18.5 Å². The number of anilines is 1. The molecule has 0 saturated heterocycles. The zero-order valence-corrected chi connectivity index (χ0v) is 17.0. The lowest BCUT2D eigenvalue weighted by molar-refractivity contribution is 0.185. The number of H-pyrrole nitrogens is 2. The van der Waals surface area contributed by atoms with Crippen LogP contribution in [0.2, 0.25) is 0 Å². The number of hydrogen-bond donors (Lipinski definition) is 3. The van der Waals surface area contributed by atoms with E-state index in [4.69, 9.17) is 14.8 Å². The fourth-order valence-electron chi connectivity index (χ4n) is 3.31. The molecule has 1 saturated carbocycles. The zero-order chi connectivity index (χ0) is 21.5. The molecule has 3 heterocycles. The number of aromatic nitrogens is 5. The third kappa shape index (κ3) is 3.68. The number of hydroxylamine groups is 1. The van der Waals surface area contributed by atoms with E-state index >= 15 is 0 Å². The molecule has 0 unspecified atom stereocenters. The Kier molecular flexibility index (Phi) is 4.55. The van der Waals surface area contributed by atoms with E-state index in [-0.39, 0.29) is 11.6 Å². The summed E-state index contributed by atoms with van der Waals surface area (Å²) in [7, 11) is 3.44. The molecule has 0 amide bonds. The van der Waals surface area contributed by atoms with Crippen molar-refractivity contribution < 1.29 is 9.94 Å². The van der Waals surface area contributed by atoms with Crippen molar-refractivity contribution >= 4 is 17.4 Å². The lowest BCUT2D eigenvalue weighted by Gasteiger charge is -2.16. The van der Waals surface area contributed by atoms with Gasteiger partial charge in [-0.2, -0.15) is 9.61 Å². The molecular weight excluding hydrogens is 398 g/mol. The van der Waals surface area contributed by atoms with E-state index in [0.717, 1.165) is 29.8 Å². The van der Waals surface area contributed by atoms with E-state index in [1.807, 2.05) is 37.4 Å². The van der Waals surface area contributed by atoms with Gasteiger partial charge in [-0.3, -0.25) is 19.9 Å². The summed E-state index contributed by atoms with van der Waals surface area (Å²) in [5.41, 5.74) is 3.58. The quantitative estimate of drug-likeness (QED) is 0.410. The van der Waals surface area contributed by atoms with Crippen LogP contribution >= 0.6 is 0 Å². The molecule has 158 valence electrons. The van der Waals surface area contributed by atoms with Crippen molar-refractivity contribution in [2.75, 3.05) is 19.2 Å². The van der Waals surface area contributed by atoms with Crippen molar-refractivity contribution in [3.05, 3.63) is 63.4 Å².